The molecule has 0 fully saturated rings. The molecule has 2 rings (SSSR count). The van der Waals surface area contributed by atoms with Gasteiger partial charge in [-0.1, -0.05) is 12.1 Å². The molecule has 0 aliphatic heterocycles. The Labute approximate surface area is 151 Å². The van der Waals surface area contributed by atoms with Gasteiger partial charge in [0.15, 0.2) is 23.1 Å². The topological polar surface area (TPSA) is 41.5 Å². The quantitative estimate of drug-likeness (QED) is 0.528. The molecule has 0 bridgehead atoms. The van der Waals surface area contributed by atoms with Crippen molar-refractivity contribution < 1.29 is 31.8 Å². The van der Waals surface area contributed by atoms with Gasteiger partial charge in [0.25, 0.3) is 0 Å². The van der Waals surface area contributed by atoms with Gasteiger partial charge in [0.1, 0.15) is 0 Å². The Morgan fingerprint density at radius 2 is 1.81 bits per heavy atom. The third-order valence-electron chi connectivity index (χ3n) is 3.46. The number of rotatable bonds is 6. The molecule has 2 aromatic rings. The first-order valence-electron chi connectivity index (χ1n) is 7.45. The van der Waals surface area contributed by atoms with Crippen molar-refractivity contribution in [1.82, 2.24) is 0 Å². The van der Waals surface area contributed by atoms with Crippen LogP contribution in [-0.2, 0) is 6.18 Å². The molecule has 0 amide bonds. The van der Waals surface area contributed by atoms with Gasteiger partial charge in [0.05, 0.1) is 23.2 Å². The van der Waals surface area contributed by atoms with Crippen LogP contribution < -0.4 is 10.1 Å². The van der Waals surface area contributed by atoms with E-state index >= 15 is 0 Å². The molecule has 0 radical (unpaired) electrons. The van der Waals surface area contributed by atoms with E-state index in [0.717, 1.165) is 0 Å². The lowest BCUT2D eigenvalue weighted by Gasteiger charge is -2.18. The fraction of sp³-hybridized carbons (Fsp3) is 0.294. The maximum Gasteiger partial charge on any atom is 0.416 e. The number of halogens is 6. The van der Waals surface area contributed by atoms with Gasteiger partial charge in [-0.05, 0) is 30.7 Å². The molecule has 2 N–H and O–H groups in total. The highest BCUT2D eigenvalue weighted by Crippen LogP contribution is 2.38. The van der Waals surface area contributed by atoms with E-state index in [4.69, 9.17) is 16.3 Å². The molecule has 1 unspecified atom stereocenters. The van der Waals surface area contributed by atoms with E-state index in [1.807, 2.05) is 0 Å². The number of aliphatic hydroxyl groups excluding tert-OH is 1. The fourth-order valence-corrected chi connectivity index (χ4v) is 2.27. The second-order valence-corrected chi connectivity index (χ2v) is 5.81. The Morgan fingerprint density at radius 1 is 1.19 bits per heavy atom. The molecule has 1 atom stereocenters. The van der Waals surface area contributed by atoms with Gasteiger partial charge in [-0.3, -0.25) is 0 Å². The lowest BCUT2D eigenvalue weighted by atomic mass is 10.1. The van der Waals surface area contributed by atoms with Crippen molar-refractivity contribution in [1.29, 1.82) is 0 Å². The van der Waals surface area contributed by atoms with E-state index < -0.39 is 35.2 Å². The third kappa shape index (κ3) is 4.76. The molecule has 0 aliphatic carbocycles. The number of benzene rings is 2. The number of nitrogens with one attached hydrogen (secondary N) is 1. The molecule has 3 nitrogen and oxygen atoms in total. The van der Waals surface area contributed by atoms with E-state index in [0.29, 0.717) is 11.3 Å². The van der Waals surface area contributed by atoms with Crippen LogP contribution in [0, 0.1) is 18.6 Å². The molecule has 26 heavy (non-hydrogen) atoms. The van der Waals surface area contributed by atoms with Gasteiger partial charge in [0, 0.05) is 6.54 Å². The van der Waals surface area contributed by atoms with Crippen LogP contribution in [0.4, 0.5) is 27.6 Å². The summed E-state index contributed by atoms with van der Waals surface area (Å²) >= 11 is 5.51. The highest BCUT2D eigenvalue weighted by Gasteiger charge is 2.33. The Morgan fingerprint density at radius 3 is 2.35 bits per heavy atom. The molecule has 142 valence electrons. The first kappa shape index (κ1) is 20.3. The molecule has 0 aliphatic rings. The highest BCUT2D eigenvalue weighted by molar-refractivity contribution is 6.18. The van der Waals surface area contributed by atoms with Crippen LogP contribution in [0.5, 0.6) is 11.5 Å². The van der Waals surface area contributed by atoms with Gasteiger partial charge < -0.3 is 15.2 Å². The second kappa shape index (κ2) is 8.09. The zero-order valence-corrected chi connectivity index (χ0v) is 14.3. The van der Waals surface area contributed by atoms with Crippen molar-refractivity contribution in [3.05, 3.63) is 53.1 Å². The fourth-order valence-electron chi connectivity index (χ4n) is 2.16. The summed E-state index contributed by atoms with van der Waals surface area (Å²) in [5.41, 5.74) is -0.486. The number of para-hydroxylation sites is 1. The van der Waals surface area contributed by atoms with Crippen molar-refractivity contribution in [2.75, 3.05) is 17.7 Å². The van der Waals surface area contributed by atoms with Crippen molar-refractivity contribution >= 4 is 17.3 Å². The number of hydrogen-bond donors (Lipinski definition) is 2. The molecule has 0 saturated carbocycles. The molecule has 0 spiro atoms. The van der Waals surface area contributed by atoms with Gasteiger partial charge in [0.2, 0.25) is 0 Å². The Balaban J connectivity index is 2.36. The molecule has 0 aromatic heterocycles. The summed E-state index contributed by atoms with van der Waals surface area (Å²) in [6.07, 6.45) is -5.75. The normalized spacial score (nSPS) is 12.8. The van der Waals surface area contributed by atoms with Crippen LogP contribution in [0.2, 0.25) is 0 Å². The smallest absolute Gasteiger partial charge is 0.416 e. The van der Waals surface area contributed by atoms with E-state index in [-0.39, 0.29) is 30.3 Å². The van der Waals surface area contributed by atoms with Gasteiger partial charge in [-0.25, -0.2) is 8.78 Å². The van der Waals surface area contributed by atoms with Crippen LogP contribution in [0.25, 0.3) is 0 Å². The average Bonchev–Trinajstić information content (AvgIpc) is 2.56. The standard InChI is InChI=1S/C17H15ClF5NO2/c1-9-3-2-4-14(15(9)24-8-11(25)7-18)26-16-12(19)5-10(6-13(16)20)17(21,22)23/h2-6,11,24-25H,7-8H2,1H3. The molecular formula is C17H15ClF5NO2. The van der Waals surface area contributed by atoms with Crippen LogP contribution in [-0.4, -0.2) is 23.6 Å². The maximum atomic E-state index is 14.0. The van der Waals surface area contributed by atoms with Crippen molar-refractivity contribution in [2.24, 2.45) is 0 Å². The molecule has 0 heterocycles. The lowest BCUT2D eigenvalue weighted by molar-refractivity contribution is -0.138. The van der Waals surface area contributed by atoms with E-state index in [1.54, 1.807) is 19.1 Å². The number of ether oxygens (including phenoxy) is 1. The minimum absolute atomic E-state index is 0.00988. The summed E-state index contributed by atoms with van der Waals surface area (Å²) in [5.74, 6) is -3.96. The summed E-state index contributed by atoms with van der Waals surface area (Å²) in [6, 6.07) is 4.95. The molecule has 9 heteroatoms. The third-order valence-corrected chi connectivity index (χ3v) is 3.82. The number of aliphatic hydroxyl groups is 1. The predicted molar refractivity (Wildman–Crippen MR) is 87.8 cm³/mol. The summed E-state index contributed by atoms with van der Waals surface area (Å²) in [4.78, 5) is 0. The van der Waals surface area contributed by atoms with Crippen LogP contribution in [0.1, 0.15) is 11.1 Å². The molecule has 0 saturated heterocycles. The van der Waals surface area contributed by atoms with E-state index in [9.17, 15) is 27.1 Å². The summed E-state index contributed by atoms with van der Waals surface area (Å²) < 4.78 is 71.0. The van der Waals surface area contributed by atoms with Crippen LogP contribution >= 0.6 is 11.6 Å². The van der Waals surface area contributed by atoms with Gasteiger partial charge in [-0.2, -0.15) is 13.2 Å². The number of anilines is 1. The second-order valence-electron chi connectivity index (χ2n) is 5.51. The Bertz CT molecular complexity index is 759. The van der Waals surface area contributed by atoms with Crippen molar-refractivity contribution in [2.45, 2.75) is 19.2 Å². The zero-order chi connectivity index (χ0) is 19.5. The summed E-state index contributed by atoms with van der Waals surface area (Å²) in [6.45, 7) is 1.73. The zero-order valence-electron chi connectivity index (χ0n) is 13.5. The number of hydrogen-bond acceptors (Lipinski definition) is 3. The van der Waals surface area contributed by atoms with Crippen molar-refractivity contribution in [3.63, 3.8) is 0 Å². The first-order chi connectivity index (χ1) is 12.1. The minimum atomic E-state index is -4.88. The minimum Gasteiger partial charge on any atom is -0.449 e. The monoisotopic (exact) mass is 395 g/mol. The Kier molecular flexibility index (Phi) is 6.30. The Hall–Kier alpha value is -2.06. The summed E-state index contributed by atoms with van der Waals surface area (Å²) in [7, 11) is 0. The predicted octanol–water partition coefficient (Wildman–Crippen LogP) is 5.10. The number of aryl methyl sites for hydroxylation is 1. The molecule has 2 aromatic carbocycles. The van der Waals surface area contributed by atoms with Crippen molar-refractivity contribution in [3.8, 4) is 11.5 Å². The van der Waals surface area contributed by atoms with Gasteiger partial charge in [-0.15, -0.1) is 11.6 Å². The first-order valence-corrected chi connectivity index (χ1v) is 7.98. The van der Waals surface area contributed by atoms with Crippen LogP contribution in [0.3, 0.4) is 0 Å². The van der Waals surface area contributed by atoms with Gasteiger partial charge >= 0.3 is 6.18 Å². The largest absolute Gasteiger partial charge is 0.449 e. The average molecular weight is 396 g/mol. The SMILES string of the molecule is Cc1cccc(Oc2c(F)cc(C(F)(F)F)cc2F)c1NCC(O)CCl. The van der Waals surface area contributed by atoms with E-state index in [2.05, 4.69) is 5.32 Å². The summed E-state index contributed by atoms with van der Waals surface area (Å²) in [5, 5.41) is 12.4. The molecular weight excluding hydrogens is 381 g/mol. The number of alkyl halides is 4. The maximum absolute atomic E-state index is 14.0. The lowest BCUT2D eigenvalue weighted by Crippen LogP contribution is -2.21. The van der Waals surface area contributed by atoms with E-state index in [1.165, 1.54) is 6.07 Å². The highest BCUT2D eigenvalue weighted by atomic mass is 35.5. The van der Waals surface area contributed by atoms with Crippen LogP contribution in [0.15, 0.2) is 30.3 Å².